The second-order valence-corrected chi connectivity index (χ2v) is 9.38. The first kappa shape index (κ1) is 20.8. The molecule has 0 unspecified atom stereocenters. The number of hydrogen-bond donors (Lipinski definition) is 1. The van der Waals surface area contributed by atoms with Crippen molar-refractivity contribution in [1.29, 1.82) is 0 Å². The molecule has 1 heterocycles. The minimum Gasteiger partial charge on any atom is -0.326 e. The van der Waals surface area contributed by atoms with Crippen LogP contribution in [0, 0.1) is 25.6 Å². The van der Waals surface area contributed by atoms with E-state index in [0.717, 1.165) is 5.56 Å². The van der Waals surface area contributed by atoms with E-state index in [2.05, 4.69) is 5.32 Å². The van der Waals surface area contributed by atoms with Gasteiger partial charge in [0, 0.05) is 24.7 Å². The average Bonchev–Trinajstić information content (AvgIpc) is 2.64. The van der Waals surface area contributed by atoms with Gasteiger partial charge >= 0.3 is 0 Å². The molecule has 2 aromatic rings. The molecule has 0 saturated carbocycles. The summed E-state index contributed by atoms with van der Waals surface area (Å²) in [6.45, 7) is 4.26. The summed E-state index contributed by atoms with van der Waals surface area (Å²) in [6, 6.07) is 9.26. The highest BCUT2D eigenvalue weighted by Crippen LogP contribution is 2.27. The number of hydrogen-bond acceptors (Lipinski definition) is 3. The summed E-state index contributed by atoms with van der Waals surface area (Å²) in [5.74, 6) is -1.08. The Morgan fingerprint density at radius 1 is 1.14 bits per heavy atom. The van der Waals surface area contributed by atoms with Gasteiger partial charge in [-0.25, -0.2) is 12.8 Å². The van der Waals surface area contributed by atoms with Crippen molar-refractivity contribution >= 4 is 33.2 Å². The molecule has 8 heteroatoms. The number of piperidine rings is 1. The van der Waals surface area contributed by atoms with Gasteiger partial charge in [-0.1, -0.05) is 29.3 Å². The van der Waals surface area contributed by atoms with Crippen molar-refractivity contribution < 1.29 is 17.6 Å². The Kier molecular flexibility index (Phi) is 6.07. The number of amides is 1. The van der Waals surface area contributed by atoms with Crippen molar-refractivity contribution in [3.05, 3.63) is 58.4 Å². The number of sulfonamides is 1. The van der Waals surface area contributed by atoms with Gasteiger partial charge < -0.3 is 5.32 Å². The smallest absolute Gasteiger partial charge is 0.243 e. The normalized spacial score (nSPS) is 16.1. The van der Waals surface area contributed by atoms with Gasteiger partial charge in [0.25, 0.3) is 0 Å². The molecule has 0 radical (unpaired) electrons. The van der Waals surface area contributed by atoms with Gasteiger partial charge in [0.1, 0.15) is 5.82 Å². The van der Waals surface area contributed by atoms with Crippen LogP contribution in [0.25, 0.3) is 0 Å². The van der Waals surface area contributed by atoms with Crippen LogP contribution in [-0.2, 0) is 14.8 Å². The molecule has 150 valence electrons. The fourth-order valence-corrected chi connectivity index (χ4v) is 5.26. The lowest BCUT2D eigenvalue weighted by Gasteiger charge is -2.31. The van der Waals surface area contributed by atoms with E-state index >= 15 is 0 Å². The number of aryl methyl sites for hydroxylation is 2. The van der Waals surface area contributed by atoms with E-state index in [0.29, 0.717) is 29.0 Å². The summed E-state index contributed by atoms with van der Waals surface area (Å²) in [4.78, 5) is 12.8. The lowest BCUT2D eigenvalue weighted by atomic mass is 9.97. The van der Waals surface area contributed by atoms with Crippen LogP contribution in [-0.4, -0.2) is 31.7 Å². The van der Waals surface area contributed by atoms with Crippen LogP contribution >= 0.6 is 11.6 Å². The summed E-state index contributed by atoms with van der Waals surface area (Å²) in [5.41, 5.74) is 2.14. The van der Waals surface area contributed by atoms with Crippen LogP contribution in [0.4, 0.5) is 10.1 Å². The predicted octanol–water partition coefficient (Wildman–Crippen LogP) is 4.14. The molecule has 1 N–H and O–H groups in total. The Bertz CT molecular complexity index is 1000. The summed E-state index contributed by atoms with van der Waals surface area (Å²) < 4.78 is 40.5. The van der Waals surface area contributed by atoms with Crippen molar-refractivity contribution in [2.45, 2.75) is 31.6 Å². The number of carbonyl (C=O) groups excluding carboxylic acids is 1. The van der Waals surface area contributed by atoms with E-state index in [-0.39, 0.29) is 29.9 Å². The molecule has 3 rings (SSSR count). The minimum atomic E-state index is -3.59. The van der Waals surface area contributed by atoms with Crippen molar-refractivity contribution in [3.63, 3.8) is 0 Å². The van der Waals surface area contributed by atoms with E-state index in [9.17, 15) is 17.6 Å². The molecular formula is C20H22ClFN2O3S. The monoisotopic (exact) mass is 424 g/mol. The van der Waals surface area contributed by atoms with Gasteiger partial charge in [-0.2, -0.15) is 4.31 Å². The summed E-state index contributed by atoms with van der Waals surface area (Å²) in [5, 5.41) is 2.66. The zero-order valence-corrected chi connectivity index (χ0v) is 17.3. The summed E-state index contributed by atoms with van der Waals surface area (Å²) >= 11 is 5.73. The van der Waals surface area contributed by atoms with Crippen molar-refractivity contribution in [2.75, 3.05) is 18.4 Å². The van der Waals surface area contributed by atoms with Gasteiger partial charge in [0.2, 0.25) is 15.9 Å². The number of carbonyl (C=O) groups is 1. The quantitative estimate of drug-likeness (QED) is 0.802. The maximum absolute atomic E-state index is 13.2. The highest BCUT2D eigenvalue weighted by Gasteiger charge is 2.32. The minimum absolute atomic E-state index is 0.0628. The van der Waals surface area contributed by atoms with Gasteiger partial charge in [0.15, 0.2) is 0 Å². The molecule has 1 fully saturated rings. The zero-order chi connectivity index (χ0) is 20.5. The molecule has 0 spiro atoms. The third kappa shape index (κ3) is 4.37. The molecule has 1 aliphatic heterocycles. The molecule has 1 amide bonds. The Morgan fingerprint density at radius 3 is 2.43 bits per heavy atom. The van der Waals surface area contributed by atoms with E-state index < -0.39 is 15.8 Å². The molecular weight excluding hydrogens is 403 g/mol. The first-order chi connectivity index (χ1) is 13.2. The third-order valence-electron chi connectivity index (χ3n) is 4.96. The van der Waals surface area contributed by atoms with E-state index in [1.165, 1.54) is 22.5 Å². The van der Waals surface area contributed by atoms with Crippen LogP contribution in [0.1, 0.15) is 24.0 Å². The molecule has 1 saturated heterocycles. The largest absolute Gasteiger partial charge is 0.326 e. The molecule has 2 aromatic carbocycles. The van der Waals surface area contributed by atoms with E-state index in [1.807, 2.05) is 13.0 Å². The molecule has 0 bridgehead atoms. The molecule has 28 heavy (non-hydrogen) atoms. The number of rotatable bonds is 4. The average molecular weight is 425 g/mol. The molecule has 0 atom stereocenters. The van der Waals surface area contributed by atoms with Crippen molar-refractivity contribution in [3.8, 4) is 0 Å². The lowest BCUT2D eigenvalue weighted by Crippen LogP contribution is -2.41. The van der Waals surface area contributed by atoms with Gasteiger partial charge in [-0.05, 0) is 56.5 Å². The van der Waals surface area contributed by atoms with E-state index in [1.54, 1.807) is 19.1 Å². The van der Waals surface area contributed by atoms with Crippen molar-refractivity contribution in [2.24, 2.45) is 5.92 Å². The highest BCUT2D eigenvalue weighted by atomic mass is 35.5. The molecule has 5 nitrogen and oxygen atoms in total. The number of anilines is 1. The second-order valence-electron chi connectivity index (χ2n) is 7.07. The lowest BCUT2D eigenvalue weighted by molar-refractivity contribution is -0.120. The number of nitrogens with one attached hydrogen (secondary N) is 1. The molecule has 0 aromatic heterocycles. The fraction of sp³-hybridized carbons (Fsp3) is 0.350. The molecule has 1 aliphatic rings. The number of halogens is 2. The maximum Gasteiger partial charge on any atom is 0.243 e. The van der Waals surface area contributed by atoms with Crippen LogP contribution in [0.15, 0.2) is 41.3 Å². The van der Waals surface area contributed by atoms with E-state index in [4.69, 9.17) is 11.6 Å². The topological polar surface area (TPSA) is 66.5 Å². The second kappa shape index (κ2) is 8.19. The fourth-order valence-electron chi connectivity index (χ4n) is 3.40. The van der Waals surface area contributed by atoms with Gasteiger partial charge in [-0.15, -0.1) is 0 Å². The Hall–Kier alpha value is -1.96. The molecule has 0 aliphatic carbocycles. The Morgan fingerprint density at radius 2 is 1.82 bits per heavy atom. The number of nitrogens with zero attached hydrogens (tertiary/aromatic N) is 1. The SMILES string of the molecule is Cc1ccc(S(=O)(=O)N2CCC(C(=O)Nc3ccc(F)c(Cl)c3)CC2)c(C)c1. The van der Waals surface area contributed by atoms with Gasteiger partial charge in [0.05, 0.1) is 9.92 Å². The first-order valence-electron chi connectivity index (χ1n) is 9.02. The Labute approximate surface area is 169 Å². The van der Waals surface area contributed by atoms with Crippen LogP contribution in [0.2, 0.25) is 5.02 Å². The Balaban J connectivity index is 1.64. The van der Waals surface area contributed by atoms with Crippen LogP contribution < -0.4 is 5.32 Å². The third-order valence-corrected chi connectivity index (χ3v) is 7.31. The predicted molar refractivity (Wildman–Crippen MR) is 107 cm³/mol. The van der Waals surface area contributed by atoms with Crippen molar-refractivity contribution in [1.82, 2.24) is 4.31 Å². The first-order valence-corrected chi connectivity index (χ1v) is 10.8. The zero-order valence-electron chi connectivity index (χ0n) is 15.7. The standard InChI is InChI=1S/C20H22ClFN2O3S/c1-13-3-6-19(14(2)11-13)28(26,27)24-9-7-15(8-10-24)20(25)23-16-4-5-18(22)17(21)12-16/h3-6,11-12,15H,7-10H2,1-2H3,(H,23,25). The number of benzene rings is 2. The maximum atomic E-state index is 13.2. The summed E-state index contributed by atoms with van der Waals surface area (Å²) in [7, 11) is -3.59. The highest BCUT2D eigenvalue weighted by molar-refractivity contribution is 7.89. The van der Waals surface area contributed by atoms with Crippen LogP contribution in [0.5, 0.6) is 0 Å². The van der Waals surface area contributed by atoms with Gasteiger partial charge in [-0.3, -0.25) is 4.79 Å². The van der Waals surface area contributed by atoms with Crippen LogP contribution in [0.3, 0.4) is 0 Å². The summed E-state index contributed by atoms with van der Waals surface area (Å²) in [6.07, 6.45) is 0.843.